The van der Waals surface area contributed by atoms with Gasteiger partial charge in [0.25, 0.3) is 0 Å². The van der Waals surface area contributed by atoms with E-state index in [-0.39, 0.29) is 0 Å². The van der Waals surface area contributed by atoms with E-state index in [2.05, 4.69) is 46.9 Å². The molecule has 2 rings (SSSR count). The molecule has 0 aliphatic rings. The zero-order chi connectivity index (χ0) is 13.7. The second kappa shape index (κ2) is 6.62. The predicted octanol–water partition coefficient (Wildman–Crippen LogP) is 3.19. The summed E-state index contributed by atoms with van der Waals surface area (Å²) in [6, 6.07) is 8.54. The Bertz CT molecular complexity index is 572. The summed E-state index contributed by atoms with van der Waals surface area (Å²) >= 11 is 5.59. The first-order chi connectivity index (χ1) is 9.26. The molecule has 0 radical (unpaired) electrons. The number of halogens is 1. The number of aromatic nitrogens is 1. The predicted molar refractivity (Wildman–Crippen MR) is 83.1 cm³/mol. The lowest BCUT2D eigenvalue weighted by atomic mass is 10.1. The summed E-state index contributed by atoms with van der Waals surface area (Å²) in [5.41, 5.74) is 8.28. The van der Waals surface area contributed by atoms with Crippen LogP contribution in [0.3, 0.4) is 0 Å². The molecular formula is C15H20ClN3. The summed E-state index contributed by atoms with van der Waals surface area (Å²) in [5, 5.41) is 1.35. The summed E-state index contributed by atoms with van der Waals surface area (Å²) in [4.78, 5) is 4.22. The Morgan fingerprint density at radius 2 is 2.16 bits per heavy atom. The summed E-state index contributed by atoms with van der Waals surface area (Å²) in [7, 11) is 0. The van der Waals surface area contributed by atoms with Crippen molar-refractivity contribution in [1.29, 1.82) is 0 Å². The van der Waals surface area contributed by atoms with E-state index in [9.17, 15) is 0 Å². The molecule has 1 aromatic heterocycles. The molecule has 0 amide bonds. The topological polar surface area (TPSA) is 43.3 Å². The van der Waals surface area contributed by atoms with Crippen molar-refractivity contribution in [3.8, 4) is 0 Å². The maximum atomic E-state index is 5.59. The van der Waals surface area contributed by atoms with Gasteiger partial charge in [0.1, 0.15) is 5.84 Å². The quantitative estimate of drug-likeness (QED) is 0.375. The second-order valence-electron chi connectivity index (χ2n) is 4.57. The molecule has 102 valence electrons. The van der Waals surface area contributed by atoms with Gasteiger partial charge in [-0.2, -0.15) is 0 Å². The van der Waals surface area contributed by atoms with Gasteiger partial charge in [-0.1, -0.05) is 18.2 Å². The van der Waals surface area contributed by atoms with Crippen molar-refractivity contribution in [2.75, 3.05) is 12.4 Å². The summed E-state index contributed by atoms with van der Waals surface area (Å²) in [6.07, 6.45) is 4.27. The van der Waals surface area contributed by atoms with E-state index in [0.717, 1.165) is 25.9 Å². The Morgan fingerprint density at radius 1 is 1.37 bits per heavy atom. The van der Waals surface area contributed by atoms with Crippen LogP contribution in [0.2, 0.25) is 0 Å². The van der Waals surface area contributed by atoms with Crippen molar-refractivity contribution >= 4 is 28.3 Å². The number of aliphatic imine (C=N–C) groups is 1. The molecule has 0 saturated carbocycles. The van der Waals surface area contributed by atoms with Crippen LogP contribution in [0.15, 0.2) is 35.5 Å². The van der Waals surface area contributed by atoms with Gasteiger partial charge >= 0.3 is 0 Å². The van der Waals surface area contributed by atoms with Gasteiger partial charge in [0.2, 0.25) is 0 Å². The Kier molecular flexibility index (Phi) is 4.86. The number of nitrogens with two attached hydrogens (primary N) is 1. The highest BCUT2D eigenvalue weighted by molar-refractivity contribution is 6.27. The third-order valence-corrected chi connectivity index (χ3v) is 3.54. The molecule has 0 aliphatic heterocycles. The van der Waals surface area contributed by atoms with Gasteiger partial charge < -0.3 is 10.3 Å². The van der Waals surface area contributed by atoms with Crippen molar-refractivity contribution in [3.05, 3.63) is 36.0 Å². The van der Waals surface area contributed by atoms with Gasteiger partial charge in [-0.25, -0.2) is 0 Å². The first-order valence-electron chi connectivity index (χ1n) is 6.67. The number of aryl methyl sites for hydroxylation is 2. The van der Waals surface area contributed by atoms with Gasteiger partial charge in [0, 0.05) is 30.2 Å². The molecule has 1 aromatic carbocycles. The van der Waals surface area contributed by atoms with E-state index in [1.807, 2.05) is 0 Å². The average molecular weight is 278 g/mol. The number of fused-ring (bicyclic) bond motifs is 1. The molecule has 0 saturated heterocycles. The fourth-order valence-corrected chi connectivity index (χ4v) is 2.40. The molecule has 0 fully saturated rings. The third kappa shape index (κ3) is 3.29. The minimum Gasteiger partial charge on any atom is -0.386 e. The largest absolute Gasteiger partial charge is 0.386 e. The molecule has 0 aliphatic carbocycles. The van der Waals surface area contributed by atoms with Crippen molar-refractivity contribution < 1.29 is 0 Å². The van der Waals surface area contributed by atoms with Crippen LogP contribution in [0.4, 0.5) is 0 Å². The highest BCUT2D eigenvalue weighted by Gasteiger charge is 2.06. The summed E-state index contributed by atoms with van der Waals surface area (Å²) < 4.78 is 2.29. The van der Waals surface area contributed by atoms with E-state index in [4.69, 9.17) is 17.3 Å². The maximum absolute atomic E-state index is 5.59. The Morgan fingerprint density at radius 3 is 2.89 bits per heavy atom. The van der Waals surface area contributed by atoms with Crippen LogP contribution >= 0.6 is 11.6 Å². The number of alkyl halides is 1. The number of hydrogen-bond donors (Lipinski definition) is 1. The van der Waals surface area contributed by atoms with Crippen molar-refractivity contribution in [2.45, 2.75) is 26.3 Å². The Labute approximate surface area is 119 Å². The minimum absolute atomic E-state index is 0.315. The van der Waals surface area contributed by atoms with Gasteiger partial charge in [-0.15, -0.1) is 11.6 Å². The minimum atomic E-state index is 0.315. The first-order valence-corrected chi connectivity index (χ1v) is 7.21. The van der Waals surface area contributed by atoms with Gasteiger partial charge in [-0.05, 0) is 31.4 Å². The number of nitrogens with zero attached hydrogens (tertiary/aromatic N) is 2. The molecule has 19 heavy (non-hydrogen) atoms. The van der Waals surface area contributed by atoms with Crippen LogP contribution in [0.5, 0.6) is 0 Å². The maximum Gasteiger partial charge on any atom is 0.109 e. The smallest absolute Gasteiger partial charge is 0.109 e. The number of hydrogen-bond acceptors (Lipinski definition) is 1. The highest BCUT2D eigenvalue weighted by atomic mass is 35.5. The molecular weight excluding hydrogens is 258 g/mol. The molecule has 1 heterocycles. The number of rotatable bonds is 6. The molecule has 2 N–H and O–H groups in total. The zero-order valence-electron chi connectivity index (χ0n) is 11.3. The lowest BCUT2D eigenvalue weighted by Crippen LogP contribution is -2.13. The highest BCUT2D eigenvalue weighted by Crippen LogP contribution is 2.22. The fourth-order valence-electron chi connectivity index (χ4n) is 2.32. The van der Waals surface area contributed by atoms with Crippen LogP contribution in [0, 0.1) is 0 Å². The van der Waals surface area contributed by atoms with Crippen LogP contribution in [-0.2, 0) is 13.0 Å². The molecule has 0 atom stereocenters. The van der Waals surface area contributed by atoms with Crippen LogP contribution in [0.25, 0.3) is 10.9 Å². The summed E-state index contributed by atoms with van der Waals surface area (Å²) in [6.45, 7) is 3.91. The van der Waals surface area contributed by atoms with E-state index in [1.165, 1.54) is 16.5 Å². The molecule has 3 nitrogen and oxygen atoms in total. The number of amidine groups is 1. The monoisotopic (exact) mass is 277 g/mol. The van der Waals surface area contributed by atoms with Crippen LogP contribution < -0.4 is 5.73 Å². The zero-order valence-corrected chi connectivity index (χ0v) is 12.0. The number of benzene rings is 1. The van der Waals surface area contributed by atoms with E-state index in [1.54, 1.807) is 0 Å². The molecule has 4 heteroatoms. The second-order valence-corrected chi connectivity index (χ2v) is 4.84. The third-order valence-electron chi connectivity index (χ3n) is 3.27. The normalized spacial score (nSPS) is 12.2. The van der Waals surface area contributed by atoms with Gasteiger partial charge in [0.15, 0.2) is 0 Å². The van der Waals surface area contributed by atoms with Crippen molar-refractivity contribution in [3.63, 3.8) is 0 Å². The lowest BCUT2D eigenvalue weighted by molar-refractivity contribution is 0.781. The molecule has 2 aromatic rings. The Balaban J connectivity index is 2.09. The van der Waals surface area contributed by atoms with Gasteiger partial charge in [-0.3, -0.25) is 4.99 Å². The standard InChI is InChI=1S/C15H20ClN3/c1-2-19-11-12(6-5-9-18-15(17)10-16)13-7-3-4-8-14(13)19/h3-4,7-8,11H,2,5-6,9-10H2,1H3,(H2,17,18). The molecule has 0 unspecified atom stereocenters. The van der Waals surface area contributed by atoms with Crippen LogP contribution in [-0.4, -0.2) is 22.8 Å². The SMILES string of the molecule is CCn1cc(CCCN=C(N)CCl)c2ccccc21. The lowest BCUT2D eigenvalue weighted by Gasteiger charge is -1.98. The van der Waals surface area contributed by atoms with Crippen LogP contribution in [0.1, 0.15) is 18.9 Å². The Hall–Kier alpha value is -1.48. The van der Waals surface area contributed by atoms with Crippen molar-refractivity contribution in [1.82, 2.24) is 4.57 Å². The molecule has 0 bridgehead atoms. The number of para-hydroxylation sites is 1. The van der Waals surface area contributed by atoms with E-state index >= 15 is 0 Å². The summed E-state index contributed by atoms with van der Waals surface area (Å²) in [5.74, 6) is 0.840. The fraction of sp³-hybridized carbons (Fsp3) is 0.400. The van der Waals surface area contributed by atoms with E-state index in [0.29, 0.717) is 11.7 Å². The first kappa shape index (κ1) is 13.9. The van der Waals surface area contributed by atoms with Crippen molar-refractivity contribution in [2.24, 2.45) is 10.7 Å². The van der Waals surface area contributed by atoms with E-state index < -0.39 is 0 Å². The average Bonchev–Trinajstić information content (AvgIpc) is 2.81. The van der Waals surface area contributed by atoms with Gasteiger partial charge in [0.05, 0.1) is 5.88 Å². The molecule has 0 spiro atoms.